The van der Waals surface area contributed by atoms with Gasteiger partial charge in [-0.1, -0.05) is 6.07 Å². The number of rotatable bonds is 3. The summed E-state index contributed by atoms with van der Waals surface area (Å²) in [5.41, 5.74) is 0.438. The third-order valence-electron chi connectivity index (χ3n) is 2.29. The van der Waals surface area contributed by atoms with E-state index in [1.807, 2.05) is 11.4 Å². The Balaban J connectivity index is 2.68. The fourth-order valence-electron chi connectivity index (χ4n) is 1.25. The van der Waals surface area contributed by atoms with Crippen molar-refractivity contribution >= 4 is 18.0 Å². The van der Waals surface area contributed by atoms with Crippen LogP contribution in [-0.2, 0) is 14.3 Å². The second kappa shape index (κ2) is 6.89. The van der Waals surface area contributed by atoms with E-state index >= 15 is 0 Å². The first-order valence-corrected chi connectivity index (χ1v) is 5.58. The van der Waals surface area contributed by atoms with Gasteiger partial charge in [0.25, 0.3) is 5.91 Å². The van der Waals surface area contributed by atoms with Crippen molar-refractivity contribution in [2.75, 3.05) is 7.11 Å². The quantitative estimate of drug-likeness (QED) is 0.825. The van der Waals surface area contributed by atoms with Crippen LogP contribution in [0.25, 0.3) is 0 Å². The zero-order valence-corrected chi connectivity index (χ0v) is 10.9. The monoisotopic (exact) mass is 276 g/mol. The summed E-state index contributed by atoms with van der Waals surface area (Å²) in [7, 11) is 1.10. The van der Waals surface area contributed by atoms with Gasteiger partial charge in [-0.25, -0.2) is 9.59 Å². The number of methoxy groups -OCH3 is 1. The number of alkyl carbamates (subject to hydrolysis) is 1. The standard InChI is InChI=1S/C13H12N2O5/c1-8(11(16)15-13(18)19-2)20-12(17)10-5-3-4-9(6-10)7-14/h3-6,8H,1-2H3,(H,15,16,18)/t8-/m0/s1. The van der Waals surface area contributed by atoms with Gasteiger partial charge in [0, 0.05) is 0 Å². The Labute approximate surface area is 115 Å². The van der Waals surface area contributed by atoms with Crippen LogP contribution in [0.3, 0.4) is 0 Å². The fourth-order valence-corrected chi connectivity index (χ4v) is 1.25. The largest absolute Gasteiger partial charge is 0.453 e. The molecule has 20 heavy (non-hydrogen) atoms. The lowest BCUT2D eigenvalue weighted by Crippen LogP contribution is -2.39. The summed E-state index contributed by atoms with van der Waals surface area (Å²) in [6.07, 6.45) is -2.11. The number of nitrogens with one attached hydrogen (secondary N) is 1. The minimum Gasteiger partial charge on any atom is -0.453 e. The van der Waals surface area contributed by atoms with E-state index in [9.17, 15) is 14.4 Å². The second-order valence-electron chi connectivity index (χ2n) is 3.72. The van der Waals surface area contributed by atoms with E-state index in [-0.39, 0.29) is 5.56 Å². The molecule has 1 aromatic carbocycles. The van der Waals surface area contributed by atoms with Gasteiger partial charge in [-0.2, -0.15) is 5.26 Å². The van der Waals surface area contributed by atoms with Gasteiger partial charge < -0.3 is 9.47 Å². The van der Waals surface area contributed by atoms with Crippen LogP contribution in [0.5, 0.6) is 0 Å². The molecule has 0 spiro atoms. The maximum absolute atomic E-state index is 11.8. The molecule has 0 saturated carbocycles. The molecule has 0 heterocycles. The highest BCUT2D eigenvalue weighted by molar-refractivity contribution is 5.97. The maximum Gasteiger partial charge on any atom is 0.413 e. The van der Waals surface area contributed by atoms with Crippen LogP contribution in [0.4, 0.5) is 4.79 Å². The third-order valence-corrected chi connectivity index (χ3v) is 2.29. The van der Waals surface area contributed by atoms with Gasteiger partial charge in [0.2, 0.25) is 0 Å². The van der Waals surface area contributed by atoms with Crippen molar-refractivity contribution in [1.82, 2.24) is 5.32 Å². The number of hydrogen-bond donors (Lipinski definition) is 1. The van der Waals surface area contributed by atoms with Crippen molar-refractivity contribution in [2.24, 2.45) is 0 Å². The zero-order chi connectivity index (χ0) is 15.1. The molecular formula is C13H12N2O5. The van der Waals surface area contributed by atoms with Gasteiger partial charge >= 0.3 is 12.1 Å². The smallest absolute Gasteiger partial charge is 0.413 e. The normalized spacial score (nSPS) is 10.8. The fraction of sp³-hybridized carbons (Fsp3) is 0.231. The molecule has 1 aromatic rings. The molecule has 0 radical (unpaired) electrons. The summed E-state index contributed by atoms with van der Waals surface area (Å²) in [6.45, 7) is 1.31. The number of ether oxygens (including phenoxy) is 2. The highest BCUT2D eigenvalue weighted by atomic mass is 16.6. The molecule has 0 saturated heterocycles. The van der Waals surface area contributed by atoms with E-state index in [1.54, 1.807) is 0 Å². The van der Waals surface area contributed by atoms with Gasteiger partial charge in [0.15, 0.2) is 6.10 Å². The highest BCUT2D eigenvalue weighted by Gasteiger charge is 2.21. The van der Waals surface area contributed by atoms with Crippen LogP contribution in [0.1, 0.15) is 22.8 Å². The number of carbonyl (C=O) groups excluding carboxylic acids is 3. The Morgan fingerprint density at radius 2 is 2.05 bits per heavy atom. The van der Waals surface area contributed by atoms with Crippen molar-refractivity contribution in [2.45, 2.75) is 13.0 Å². The van der Waals surface area contributed by atoms with Crippen molar-refractivity contribution in [3.63, 3.8) is 0 Å². The Morgan fingerprint density at radius 1 is 1.35 bits per heavy atom. The summed E-state index contributed by atoms with van der Waals surface area (Å²) >= 11 is 0. The van der Waals surface area contributed by atoms with E-state index in [0.717, 1.165) is 7.11 Å². The molecule has 7 nitrogen and oxygen atoms in total. The van der Waals surface area contributed by atoms with Gasteiger partial charge in [-0.05, 0) is 25.1 Å². The first-order chi connectivity index (χ1) is 9.47. The first-order valence-electron chi connectivity index (χ1n) is 5.58. The summed E-state index contributed by atoms with van der Waals surface area (Å²) in [5, 5.41) is 10.6. The Kier molecular flexibility index (Phi) is 5.23. The minimum absolute atomic E-state index is 0.141. The predicted octanol–water partition coefficient (Wildman–Crippen LogP) is 0.986. The number of carbonyl (C=O) groups is 3. The maximum atomic E-state index is 11.8. The van der Waals surface area contributed by atoms with E-state index < -0.39 is 24.1 Å². The number of esters is 1. The van der Waals surface area contributed by atoms with E-state index in [4.69, 9.17) is 10.00 Å². The van der Waals surface area contributed by atoms with Gasteiger partial charge in [-0.15, -0.1) is 0 Å². The SMILES string of the molecule is COC(=O)NC(=O)[C@H](C)OC(=O)c1cccc(C#N)c1. The molecule has 2 amide bonds. The van der Waals surface area contributed by atoms with Crippen LogP contribution in [0.15, 0.2) is 24.3 Å². The molecule has 7 heteroatoms. The molecule has 1 rings (SSSR count). The summed E-state index contributed by atoms with van der Waals surface area (Å²) in [4.78, 5) is 34.1. The lowest BCUT2D eigenvalue weighted by molar-refractivity contribution is -0.128. The van der Waals surface area contributed by atoms with Crippen molar-refractivity contribution in [3.8, 4) is 6.07 Å². The van der Waals surface area contributed by atoms with E-state index in [1.165, 1.54) is 31.2 Å². The first kappa shape index (κ1) is 15.2. The summed E-state index contributed by atoms with van der Waals surface area (Å²) in [6, 6.07) is 7.73. The Bertz CT molecular complexity index is 576. The molecule has 1 N–H and O–H groups in total. The minimum atomic E-state index is -1.17. The molecular weight excluding hydrogens is 264 g/mol. The van der Waals surface area contributed by atoms with Crippen LogP contribution >= 0.6 is 0 Å². The summed E-state index contributed by atoms with van der Waals surface area (Å²) < 4.78 is 9.12. The molecule has 0 aromatic heterocycles. The van der Waals surface area contributed by atoms with Crippen LogP contribution < -0.4 is 5.32 Å². The van der Waals surface area contributed by atoms with Gasteiger partial charge in [0.05, 0.1) is 24.3 Å². The second-order valence-corrected chi connectivity index (χ2v) is 3.72. The van der Waals surface area contributed by atoms with Crippen molar-refractivity contribution < 1.29 is 23.9 Å². The average molecular weight is 276 g/mol. The molecule has 0 unspecified atom stereocenters. The topological polar surface area (TPSA) is 105 Å². The molecule has 0 bridgehead atoms. The van der Waals surface area contributed by atoms with E-state index in [0.29, 0.717) is 5.56 Å². The Hall–Kier alpha value is -2.88. The predicted molar refractivity (Wildman–Crippen MR) is 66.6 cm³/mol. The van der Waals surface area contributed by atoms with Crippen LogP contribution in [0, 0.1) is 11.3 Å². The lowest BCUT2D eigenvalue weighted by Gasteiger charge is -2.12. The number of imide groups is 1. The van der Waals surface area contributed by atoms with Gasteiger partial charge in [-0.3, -0.25) is 10.1 Å². The van der Waals surface area contributed by atoms with E-state index in [2.05, 4.69) is 4.74 Å². The molecule has 0 fully saturated rings. The Morgan fingerprint density at radius 3 is 2.65 bits per heavy atom. The van der Waals surface area contributed by atoms with Crippen LogP contribution in [-0.4, -0.2) is 31.2 Å². The number of hydrogen-bond acceptors (Lipinski definition) is 6. The molecule has 0 aliphatic carbocycles. The lowest BCUT2D eigenvalue weighted by atomic mass is 10.1. The number of nitrogens with zero attached hydrogens (tertiary/aromatic N) is 1. The number of amides is 2. The highest BCUT2D eigenvalue weighted by Crippen LogP contribution is 2.07. The molecule has 0 aliphatic heterocycles. The van der Waals surface area contributed by atoms with Crippen molar-refractivity contribution in [1.29, 1.82) is 5.26 Å². The molecule has 0 aliphatic rings. The number of benzene rings is 1. The third kappa shape index (κ3) is 4.10. The van der Waals surface area contributed by atoms with Crippen LogP contribution in [0.2, 0.25) is 0 Å². The molecule has 1 atom stereocenters. The zero-order valence-electron chi connectivity index (χ0n) is 10.9. The summed E-state index contributed by atoms with van der Waals surface area (Å²) in [5.74, 6) is -1.57. The average Bonchev–Trinajstić information content (AvgIpc) is 2.46. The van der Waals surface area contributed by atoms with Crippen molar-refractivity contribution in [3.05, 3.63) is 35.4 Å². The van der Waals surface area contributed by atoms with Gasteiger partial charge in [0.1, 0.15) is 0 Å². The molecule has 104 valence electrons. The number of nitriles is 1.